The van der Waals surface area contributed by atoms with Crippen molar-refractivity contribution >= 4 is 11.9 Å². The first kappa shape index (κ1) is 15.2. The maximum atomic E-state index is 12.3. The van der Waals surface area contributed by atoms with Gasteiger partial charge in [-0.1, -0.05) is 42.5 Å². The van der Waals surface area contributed by atoms with Crippen molar-refractivity contribution < 1.29 is 14.3 Å². The average Bonchev–Trinajstić information content (AvgIpc) is 3.09. The Bertz CT molecular complexity index is 879. The van der Waals surface area contributed by atoms with Crippen LogP contribution in [0.3, 0.4) is 0 Å². The van der Waals surface area contributed by atoms with Gasteiger partial charge in [-0.3, -0.25) is 10.1 Å². The van der Waals surface area contributed by atoms with Crippen LogP contribution in [0.25, 0.3) is 0 Å². The second-order valence-corrected chi connectivity index (χ2v) is 5.60. The van der Waals surface area contributed by atoms with Crippen LogP contribution in [0.15, 0.2) is 60.9 Å². The van der Waals surface area contributed by atoms with Crippen LogP contribution in [-0.4, -0.2) is 33.4 Å². The molecule has 1 N–H and O–H groups in total. The molecule has 1 aliphatic heterocycles. The van der Waals surface area contributed by atoms with Crippen molar-refractivity contribution in [3.63, 3.8) is 0 Å². The molecule has 1 aliphatic rings. The highest BCUT2D eigenvalue weighted by molar-refractivity contribution is 5.93. The van der Waals surface area contributed by atoms with Gasteiger partial charge in [0.1, 0.15) is 12.9 Å². The number of carbonyl (C=O) groups is 1. The van der Waals surface area contributed by atoms with Crippen molar-refractivity contribution in [2.24, 2.45) is 0 Å². The number of para-hydroxylation sites is 2. The van der Waals surface area contributed by atoms with Crippen LogP contribution in [0.4, 0.5) is 5.95 Å². The SMILES string of the molecule is O=C(Nc1ncn(Cc2ccccc2)n1)C1COc2ccccc2O1. The third-order valence-electron chi connectivity index (χ3n) is 3.76. The predicted molar refractivity (Wildman–Crippen MR) is 90.5 cm³/mol. The van der Waals surface area contributed by atoms with Gasteiger partial charge in [0.05, 0.1) is 6.54 Å². The Hall–Kier alpha value is -3.35. The van der Waals surface area contributed by atoms with Crippen molar-refractivity contribution in [2.75, 3.05) is 11.9 Å². The first-order valence-corrected chi connectivity index (χ1v) is 7.91. The molecule has 4 rings (SSSR count). The van der Waals surface area contributed by atoms with Crippen LogP contribution in [0.5, 0.6) is 11.5 Å². The van der Waals surface area contributed by atoms with Gasteiger partial charge in [0.2, 0.25) is 12.1 Å². The number of aromatic nitrogens is 3. The van der Waals surface area contributed by atoms with E-state index in [0.29, 0.717) is 18.0 Å². The smallest absolute Gasteiger partial charge is 0.271 e. The van der Waals surface area contributed by atoms with E-state index in [2.05, 4.69) is 15.4 Å². The quantitative estimate of drug-likeness (QED) is 0.789. The molecule has 126 valence electrons. The van der Waals surface area contributed by atoms with E-state index in [9.17, 15) is 4.79 Å². The lowest BCUT2D eigenvalue weighted by Crippen LogP contribution is -2.40. The number of hydrogen-bond donors (Lipinski definition) is 1. The number of amides is 1. The average molecular weight is 336 g/mol. The Morgan fingerprint density at radius 3 is 2.72 bits per heavy atom. The Balaban J connectivity index is 1.39. The Labute approximate surface area is 144 Å². The first-order valence-electron chi connectivity index (χ1n) is 7.91. The number of nitrogens with zero attached hydrogens (tertiary/aromatic N) is 3. The molecule has 0 spiro atoms. The van der Waals surface area contributed by atoms with Crippen molar-refractivity contribution in [3.05, 3.63) is 66.5 Å². The van der Waals surface area contributed by atoms with E-state index in [1.807, 2.05) is 42.5 Å². The van der Waals surface area contributed by atoms with Crippen LogP contribution in [0.2, 0.25) is 0 Å². The van der Waals surface area contributed by atoms with E-state index in [0.717, 1.165) is 5.56 Å². The molecule has 0 aliphatic carbocycles. The largest absolute Gasteiger partial charge is 0.485 e. The molecule has 7 nitrogen and oxygen atoms in total. The fourth-order valence-electron chi connectivity index (χ4n) is 2.54. The number of fused-ring (bicyclic) bond motifs is 1. The summed E-state index contributed by atoms with van der Waals surface area (Å²) < 4.78 is 12.9. The summed E-state index contributed by atoms with van der Waals surface area (Å²) in [7, 11) is 0. The third-order valence-corrected chi connectivity index (χ3v) is 3.76. The third kappa shape index (κ3) is 3.45. The minimum absolute atomic E-state index is 0.146. The Morgan fingerprint density at radius 2 is 1.88 bits per heavy atom. The minimum atomic E-state index is -0.740. The summed E-state index contributed by atoms with van der Waals surface area (Å²) in [6.45, 7) is 0.730. The van der Waals surface area contributed by atoms with Gasteiger partial charge in [0.15, 0.2) is 11.5 Å². The molecule has 0 radical (unpaired) electrons. The standard InChI is InChI=1S/C18H16N4O3/c23-17(16-11-24-14-8-4-5-9-15(14)25-16)20-18-19-12-22(21-18)10-13-6-2-1-3-7-13/h1-9,12,16H,10-11H2,(H,20,21,23). The van der Waals surface area contributed by atoms with Crippen molar-refractivity contribution in [3.8, 4) is 11.5 Å². The summed E-state index contributed by atoms with van der Waals surface area (Å²) in [4.78, 5) is 16.5. The first-order chi connectivity index (χ1) is 12.3. The van der Waals surface area contributed by atoms with Gasteiger partial charge in [0, 0.05) is 0 Å². The van der Waals surface area contributed by atoms with Gasteiger partial charge < -0.3 is 9.47 Å². The van der Waals surface area contributed by atoms with Crippen LogP contribution >= 0.6 is 0 Å². The van der Waals surface area contributed by atoms with Crippen molar-refractivity contribution in [2.45, 2.75) is 12.6 Å². The fourth-order valence-corrected chi connectivity index (χ4v) is 2.54. The molecular weight excluding hydrogens is 320 g/mol. The topological polar surface area (TPSA) is 78.3 Å². The summed E-state index contributed by atoms with van der Waals surface area (Å²) in [5.41, 5.74) is 1.10. The molecule has 0 saturated carbocycles. The molecule has 7 heteroatoms. The van der Waals surface area contributed by atoms with Gasteiger partial charge in [-0.05, 0) is 17.7 Å². The summed E-state index contributed by atoms with van der Waals surface area (Å²) in [5, 5.41) is 6.92. The second-order valence-electron chi connectivity index (χ2n) is 5.60. The number of carbonyl (C=O) groups excluding carboxylic acids is 1. The molecule has 1 amide bonds. The second kappa shape index (κ2) is 6.64. The van der Waals surface area contributed by atoms with Gasteiger partial charge in [-0.25, -0.2) is 9.67 Å². The van der Waals surface area contributed by atoms with Gasteiger partial charge in [-0.15, -0.1) is 5.10 Å². The number of anilines is 1. The molecule has 1 aromatic heterocycles. The highest BCUT2D eigenvalue weighted by Gasteiger charge is 2.28. The van der Waals surface area contributed by atoms with Gasteiger partial charge in [0.25, 0.3) is 5.91 Å². The zero-order chi connectivity index (χ0) is 17.1. The van der Waals surface area contributed by atoms with Crippen molar-refractivity contribution in [1.82, 2.24) is 14.8 Å². The van der Waals surface area contributed by atoms with Crippen LogP contribution in [0.1, 0.15) is 5.56 Å². The molecular formula is C18H16N4O3. The minimum Gasteiger partial charge on any atom is -0.485 e. The number of benzene rings is 2. The van der Waals surface area contributed by atoms with E-state index in [1.165, 1.54) is 0 Å². The molecule has 3 aromatic rings. The molecule has 1 unspecified atom stereocenters. The number of rotatable bonds is 4. The molecule has 1 atom stereocenters. The van der Waals surface area contributed by atoms with E-state index < -0.39 is 6.10 Å². The van der Waals surface area contributed by atoms with Crippen LogP contribution < -0.4 is 14.8 Å². The molecule has 0 bridgehead atoms. The van der Waals surface area contributed by atoms with Crippen LogP contribution in [-0.2, 0) is 11.3 Å². The summed E-state index contributed by atoms with van der Waals surface area (Å²) in [6, 6.07) is 17.1. The van der Waals surface area contributed by atoms with E-state index in [4.69, 9.17) is 9.47 Å². The number of hydrogen-bond acceptors (Lipinski definition) is 5. The maximum absolute atomic E-state index is 12.3. The normalized spacial score (nSPS) is 15.6. The van der Waals surface area contributed by atoms with E-state index >= 15 is 0 Å². The molecule has 2 heterocycles. The Kier molecular flexibility index (Phi) is 4.04. The van der Waals surface area contributed by atoms with E-state index in [-0.39, 0.29) is 18.5 Å². The van der Waals surface area contributed by atoms with E-state index in [1.54, 1.807) is 23.1 Å². The summed E-state index contributed by atoms with van der Waals surface area (Å²) >= 11 is 0. The zero-order valence-corrected chi connectivity index (χ0v) is 13.3. The van der Waals surface area contributed by atoms with Gasteiger partial charge >= 0.3 is 0 Å². The molecule has 0 saturated heterocycles. The Morgan fingerprint density at radius 1 is 1.12 bits per heavy atom. The molecule has 0 fully saturated rings. The lowest BCUT2D eigenvalue weighted by Gasteiger charge is -2.25. The lowest BCUT2D eigenvalue weighted by atomic mass is 10.2. The highest BCUT2D eigenvalue weighted by atomic mass is 16.6. The monoisotopic (exact) mass is 336 g/mol. The van der Waals surface area contributed by atoms with Crippen molar-refractivity contribution in [1.29, 1.82) is 0 Å². The summed E-state index contributed by atoms with van der Waals surface area (Å²) in [5.74, 6) is 1.09. The summed E-state index contributed by atoms with van der Waals surface area (Å²) in [6.07, 6.45) is 0.840. The van der Waals surface area contributed by atoms with Gasteiger partial charge in [-0.2, -0.15) is 0 Å². The predicted octanol–water partition coefficient (Wildman–Crippen LogP) is 2.10. The highest BCUT2D eigenvalue weighted by Crippen LogP contribution is 2.31. The molecule has 25 heavy (non-hydrogen) atoms. The fraction of sp³-hybridized carbons (Fsp3) is 0.167. The zero-order valence-electron chi connectivity index (χ0n) is 13.3. The maximum Gasteiger partial charge on any atom is 0.271 e. The number of ether oxygens (including phenoxy) is 2. The van der Waals surface area contributed by atoms with Crippen LogP contribution in [0, 0.1) is 0 Å². The lowest BCUT2D eigenvalue weighted by molar-refractivity contribution is -0.125. The number of nitrogens with one attached hydrogen (secondary N) is 1. The molecule has 2 aromatic carbocycles.